The van der Waals surface area contributed by atoms with Gasteiger partial charge in [0.25, 0.3) is 6.33 Å². The quantitative estimate of drug-likeness (QED) is 0.508. The number of methoxy groups -OCH3 is 1. The Morgan fingerprint density at radius 3 is 2.56 bits per heavy atom. The molecule has 4 nitrogen and oxygen atoms in total. The Kier molecular flexibility index (Phi) is 9.38. The average Bonchev–Trinajstić information content (AvgIpc) is 2.81. The summed E-state index contributed by atoms with van der Waals surface area (Å²) in [4.78, 5) is 11.2. The van der Waals surface area contributed by atoms with Crippen molar-refractivity contribution in [2.75, 3.05) is 7.11 Å². The van der Waals surface area contributed by atoms with Gasteiger partial charge in [0.05, 0.1) is 13.7 Å². The van der Waals surface area contributed by atoms with Gasteiger partial charge in [-0.3, -0.25) is 0 Å². The summed E-state index contributed by atoms with van der Waals surface area (Å²) in [6.07, 6.45) is 12.8. The minimum Gasteiger partial charge on any atom is -1.00 e. The van der Waals surface area contributed by atoms with E-state index in [9.17, 15) is 4.79 Å². The van der Waals surface area contributed by atoms with Gasteiger partial charge in [0.2, 0.25) is 0 Å². The molecule has 0 N–H and O–H groups in total. The Hall–Kier alpha value is -1.03. The van der Waals surface area contributed by atoms with Gasteiger partial charge in [0, 0.05) is 0 Å². The van der Waals surface area contributed by atoms with E-state index in [4.69, 9.17) is 0 Å². The van der Waals surface area contributed by atoms with E-state index in [2.05, 4.69) is 11.7 Å². The smallest absolute Gasteiger partial charge is 0.511 e. The summed E-state index contributed by atoms with van der Waals surface area (Å²) >= 11 is 0. The molecule has 0 saturated heterocycles. The van der Waals surface area contributed by atoms with E-state index in [1.54, 1.807) is 12.5 Å². The van der Waals surface area contributed by atoms with Gasteiger partial charge in [-0.1, -0.05) is 32.6 Å². The molecule has 1 rings (SSSR count). The minimum atomic E-state index is -0.341. The molecular weight excluding hydrogens is 252 g/mol. The highest BCUT2D eigenvalue weighted by Crippen LogP contribution is 2.04. The van der Waals surface area contributed by atoms with Crippen LogP contribution < -0.4 is 17.0 Å². The lowest BCUT2D eigenvalue weighted by atomic mass is 10.1. The summed E-state index contributed by atoms with van der Waals surface area (Å²) < 4.78 is 8.11. The van der Waals surface area contributed by atoms with Crippen molar-refractivity contribution in [1.29, 1.82) is 0 Å². The maximum absolute atomic E-state index is 11.2. The van der Waals surface area contributed by atoms with Crippen molar-refractivity contribution in [2.24, 2.45) is 0 Å². The molecule has 0 atom stereocenters. The molecule has 0 radical (unpaired) electrons. The molecule has 1 aromatic rings. The molecule has 1 heterocycles. The van der Waals surface area contributed by atoms with Crippen LogP contribution in [0.25, 0.3) is 0 Å². The van der Waals surface area contributed by atoms with Crippen LogP contribution in [-0.4, -0.2) is 17.8 Å². The predicted molar refractivity (Wildman–Crippen MR) is 65.8 cm³/mol. The first kappa shape index (κ1) is 17.0. The normalized spacial score (nSPS) is 9.89. The van der Waals surface area contributed by atoms with Gasteiger partial charge < -0.3 is 17.1 Å². The summed E-state index contributed by atoms with van der Waals surface area (Å²) in [6.45, 7) is 3.20. The first-order valence-corrected chi connectivity index (χ1v) is 6.43. The standard InChI is InChI=1S/C13H23N2O2.ClH/c1-3-4-5-6-7-8-9-14-10-11-15(12-14)13(16)17-2;/h10-12H,3-9H2,1-2H3;1H/q+1;/p-1. The number of aromatic nitrogens is 2. The Balaban J connectivity index is 0.00000289. The van der Waals surface area contributed by atoms with Gasteiger partial charge in [0.15, 0.2) is 0 Å². The second-order valence-corrected chi connectivity index (χ2v) is 4.30. The first-order chi connectivity index (χ1) is 8.27. The van der Waals surface area contributed by atoms with Crippen LogP contribution in [0.1, 0.15) is 45.4 Å². The van der Waals surface area contributed by atoms with Gasteiger partial charge in [0.1, 0.15) is 12.4 Å². The maximum Gasteiger partial charge on any atom is 0.511 e. The number of rotatable bonds is 7. The molecule has 0 saturated carbocycles. The number of nitrogens with zero attached hydrogens (tertiary/aromatic N) is 2. The molecule has 0 spiro atoms. The van der Waals surface area contributed by atoms with E-state index in [0.29, 0.717) is 0 Å². The zero-order valence-corrected chi connectivity index (χ0v) is 12.0. The highest BCUT2D eigenvalue weighted by molar-refractivity contribution is 5.69. The second-order valence-electron chi connectivity index (χ2n) is 4.30. The monoisotopic (exact) mass is 274 g/mol. The summed E-state index contributed by atoms with van der Waals surface area (Å²) in [7, 11) is 1.39. The largest absolute Gasteiger partial charge is 1.00 e. The van der Waals surface area contributed by atoms with Crippen LogP contribution in [0.2, 0.25) is 0 Å². The minimum absolute atomic E-state index is 0. The summed E-state index contributed by atoms with van der Waals surface area (Å²) in [5.74, 6) is 0. The average molecular weight is 275 g/mol. The fourth-order valence-electron chi connectivity index (χ4n) is 1.81. The van der Waals surface area contributed by atoms with Crippen molar-refractivity contribution in [3.05, 3.63) is 18.7 Å². The number of hydrogen-bond acceptors (Lipinski definition) is 2. The zero-order chi connectivity index (χ0) is 12.5. The molecule has 1 aromatic heterocycles. The van der Waals surface area contributed by atoms with Crippen LogP contribution in [0.3, 0.4) is 0 Å². The fraction of sp³-hybridized carbons (Fsp3) is 0.692. The van der Waals surface area contributed by atoms with E-state index in [1.807, 2.05) is 10.8 Å². The van der Waals surface area contributed by atoms with Gasteiger partial charge >= 0.3 is 6.09 Å². The van der Waals surface area contributed by atoms with Gasteiger partial charge in [-0.15, -0.1) is 4.57 Å². The molecule has 0 unspecified atom stereocenters. The Morgan fingerprint density at radius 2 is 1.89 bits per heavy atom. The van der Waals surface area contributed by atoms with Crippen LogP contribution in [0.5, 0.6) is 0 Å². The van der Waals surface area contributed by atoms with E-state index in [-0.39, 0.29) is 18.5 Å². The van der Waals surface area contributed by atoms with Crippen molar-refractivity contribution < 1.29 is 26.5 Å². The molecule has 0 aliphatic carbocycles. The third kappa shape index (κ3) is 6.05. The molecule has 0 aromatic carbocycles. The lowest BCUT2D eigenvalue weighted by Gasteiger charge is -1.98. The van der Waals surface area contributed by atoms with Crippen molar-refractivity contribution in [3.8, 4) is 0 Å². The molecule has 0 bridgehead atoms. The summed E-state index contributed by atoms with van der Waals surface area (Å²) in [5, 5.41) is 0. The van der Waals surface area contributed by atoms with Crippen LogP contribution in [0.4, 0.5) is 4.79 Å². The van der Waals surface area contributed by atoms with Gasteiger partial charge in [-0.05, 0) is 12.8 Å². The van der Waals surface area contributed by atoms with Crippen molar-refractivity contribution >= 4 is 6.09 Å². The molecule has 5 heteroatoms. The van der Waals surface area contributed by atoms with Crippen LogP contribution in [0, 0.1) is 0 Å². The van der Waals surface area contributed by atoms with Crippen LogP contribution >= 0.6 is 0 Å². The van der Waals surface area contributed by atoms with Crippen LogP contribution in [-0.2, 0) is 11.3 Å². The van der Waals surface area contributed by atoms with E-state index in [1.165, 1.54) is 50.2 Å². The number of aryl methyl sites for hydroxylation is 1. The molecule has 0 aliphatic heterocycles. The molecule has 0 aliphatic rings. The second kappa shape index (κ2) is 9.95. The topological polar surface area (TPSA) is 35.1 Å². The summed E-state index contributed by atoms with van der Waals surface area (Å²) in [5.41, 5.74) is 0. The SMILES string of the molecule is CCCCCCCC[n+]1ccn(C(=O)OC)c1.[Cl-]. The highest BCUT2D eigenvalue weighted by Gasteiger charge is 2.11. The molecular formula is C13H23ClN2O2. The van der Waals surface area contributed by atoms with Gasteiger partial charge in [-0.2, -0.15) is 4.79 Å². The Bertz CT molecular complexity index is 339. The maximum atomic E-state index is 11.2. The molecule has 0 fully saturated rings. The number of ether oxygens (including phenoxy) is 1. The summed E-state index contributed by atoms with van der Waals surface area (Å²) in [6, 6.07) is 0. The van der Waals surface area contributed by atoms with Crippen molar-refractivity contribution in [2.45, 2.75) is 52.0 Å². The van der Waals surface area contributed by atoms with Crippen LogP contribution in [0.15, 0.2) is 18.7 Å². The molecule has 104 valence electrons. The number of imidazole rings is 1. The number of carbonyl (C=O) groups excluding carboxylic acids is 1. The number of hydrogen-bond donors (Lipinski definition) is 0. The number of unbranched alkanes of at least 4 members (excludes halogenated alkanes) is 5. The zero-order valence-electron chi connectivity index (χ0n) is 11.3. The lowest BCUT2D eigenvalue weighted by molar-refractivity contribution is -0.696. The van der Waals surface area contributed by atoms with E-state index >= 15 is 0 Å². The van der Waals surface area contributed by atoms with E-state index < -0.39 is 0 Å². The Morgan fingerprint density at radius 1 is 1.22 bits per heavy atom. The predicted octanol–water partition coefficient (Wildman–Crippen LogP) is -0.245. The number of halogens is 1. The van der Waals surface area contributed by atoms with Crippen molar-refractivity contribution in [3.63, 3.8) is 0 Å². The lowest BCUT2D eigenvalue weighted by Crippen LogP contribution is -3.00. The highest BCUT2D eigenvalue weighted by atomic mass is 35.5. The molecule has 0 amide bonds. The third-order valence-electron chi connectivity index (χ3n) is 2.85. The first-order valence-electron chi connectivity index (χ1n) is 6.43. The number of carbonyl (C=O) groups is 1. The Labute approximate surface area is 115 Å². The fourth-order valence-corrected chi connectivity index (χ4v) is 1.81. The molecule has 18 heavy (non-hydrogen) atoms. The van der Waals surface area contributed by atoms with Crippen molar-refractivity contribution in [1.82, 2.24) is 4.57 Å². The van der Waals surface area contributed by atoms with E-state index in [0.717, 1.165) is 6.54 Å². The van der Waals surface area contributed by atoms with Gasteiger partial charge in [-0.25, -0.2) is 4.57 Å². The third-order valence-corrected chi connectivity index (χ3v) is 2.85.